The fourth-order valence-corrected chi connectivity index (χ4v) is 4.71. The van der Waals surface area contributed by atoms with Crippen LogP contribution in [-0.4, -0.2) is 40.7 Å². The Hall–Kier alpha value is -2.85. The monoisotopic (exact) mass is 457 g/mol. The number of fused-ring (bicyclic) bond motifs is 1. The van der Waals surface area contributed by atoms with Crippen molar-refractivity contribution in [1.29, 1.82) is 0 Å². The highest BCUT2D eigenvalue weighted by Gasteiger charge is 2.20. The maximum atomic E-state index is 12.3. The van der Waals surface area contributed by atoms with Crippen molar-refractivity contribution < 1.29 is 18.7 Å². The van der Waals surface area contributed by atoms with Crippen LogP contribution in [0.1, 0.15) is 61.8 Å². The molecule has 0 atom stereocenters. The number of nitrogens with zero attached hydrogens (tertiary/aromatic N) is 3. The van der Waals surface area contributed by atoms with Crippen molar-refractivity contribution in [1.82, 2.24) is 15.2 Å². The van der Waals surface area contributed by atoms with E-state index in [2.05, 4.69) is 25.8 Å². The molecular formula is C22H27N5O4S. The van der Waals surface area contributed by atoms with E-state index < -0.39 is 0 Å². The Bertz CT molecular complexity index is 1070. The average Bonchev–Trinajstić information content (AvgIpc) is 3.43. The first-order valence-electron chi connectivity index (χ1n) is 10.9. The molecule has 0 spiro atoms. The largest absolute Gasteiger partial charge is 0.441 e. The van der Waals surface area contributed by atoms with Crippen molar-refractivity contribution in [2.45, 2.75) is 57.3 Å². The van der Waals surface area contributed by atoms with Gasteiger partial charge in [0.15, 0.2) is 11.5 Å². The summed E-state index contributed by atoms with van der Waals surface area (Å²) in [6.07, 6.45) is 6.71. The Kier molecular flexibility index (Phi) is 7.43. The normalized spacial score (nSPS) is 14.5. The lowest BCUT2D eigenvalue weighted by Gasteiger charge is -2.18. The average molecular weight is 458 g/mol. The van der Waals surface area contributed by atoms with Gasteiger partial charge in [-0.2, -0.15) is 0 Å². The van der Waals surface area contributed by atoms with Crippen LogP contribution in [0.15, 0.2) is 22.6 Å². The number of hydrogen-bond acceptors (Lipinski definition) is 8. The molecule has 0 radical (unpaired) electrons. The van der Waals surface area contributed by atoms with E-state index in [0.717, 1.165) is 17.8 Å². The van der Waals surface area contributed by atoms with Gasteiger partial charge in [-0.15, -0.1) is 10.2 Å². The standard InChI is InChI=1S/C22H27N5O4S/c1-30-12-11-20-24-16-13-15(7-8-17(16)31-20)23-18(28)9-10-19(29)25-22-27-26-21(32-22)14-5-3-2-4-6-14/h7-8,13-14H,2-6,9-12H2,1H3,(H,23,28)(H,25,27,29). The van der Waals surface area contributed by atoms with Crippen LogP contribution in [0.3, 0.4) is 0 Å². The second-order valence-corrected chi connectivity index (χ2v) is 8.92. The van der Waals surface area contributed by atoms with Gasteiger partial charge in [-0.3, -0.25) is 9.59 Å². The van der Waals surface area contributed by atoms with E-state index in [9.17, 15) is 9.59 Å². The molecule has 4 rings (SSSR count). The van der Waals surface area contributed by atoms with Crippen molar-refractivity contribution in [2.24, 2.45) is 0 Å². The van der Waals surface area contributed by atoms with Crippen LogP contribution in [-0.2, 0) is 20.7 Å². The second kappa shape index (κ2) is 10.6. The molecule has 1 aliphatic rings. The topological polar surface area (TPSA) is 119 Å². The number of methoxy groups -OCH3 is 1. The van der Waals surface area contributed by atoms with Crippen LogP contribution < -0.4 is 10.6 Å². The first-order chi connectivity index (χ1) is 15.6. The van der Waals surface area contributed by atoms with Crippen molar-refractivity contribution >= 4 is 45.1 Å². The number of aromatic nitrogens is 3. The van der Waals surface area contributed by atoms with Crippen molar-refractivity contribution in [3.05, 3.63) is 29.1 Å². The number of hydrogen-bond donors (Lipinski definition) is 2. The summed E-state index contributed by atoms with van der Waals surface area (Å²) >= 11 is 1.43. The molecule has 1 fully saturated rings. The Balaban J connectivity index is 1.24. The number of anilines is 2. The summed E-state index contributed by atoms with van der Waals surface area (Å²) in [7, 11) is 1.62. The van der Waals surface area contributed by atoms with E-state index in [0.29, 0.717) is 46.8 Å². The van der Waals surface area contributed by atoms with Gasteiger partial charge < -0.3 is 19.8 Å². The van der Waals surface area contributed by atoms with Gasteiger partial charge >= 0.3 is 0 Å². The van der Waals surface area contributed by atoms with Gasteiger partial charge in [0.1, 0.15) is 10.5 Å². The summed E-state index contributed by atoms with van der Waals surface area (Å²) < 4.78 is 10.7. The summed E-state index contributed by atoms with van der Waals surface area (Å²) in [5, 5.41) is 15.4. The van der Waals surface area contributed by atoms with Gasteiger partial charge in [0.2, 0.25) is 16.9 Å². The minimum absolute atomic E-state index is 0.0655. The molecule has 0 unspecified atom stereocenters. The maximum absolute atomic E-state index is 12.3. The number of amides is 2. The molecule has 0 bridgehead atoms. The van der Waals surface area contributed by atoms with Gasteiger partial charge in [-0.1, -0.05) is 30.6 Å². The van der Waals surface area contributed by atoms with Crippen molar-refractivity contribution in [3.8, 4) is 0 Å². The molecule has 170 valence electrons. The lowest BCUT2D eigenvalue weighted by Crippen LogP contribution is -2.17. The highest BCUT2D eigenvalue weighted by atomic mass is 32.1. The van der Waals surface area contributed by atoms with Crippen molar-refractivity contribution in [2.75, 3.05) is 24.4 Å². The van der Waals surface area contributed by atoms with Gasteiger partial charge in [0.25, 0.3) is 0 Å². The molecule has 2 N–H and O–H groups in total. The van der Waals surface area contributed by atoms with Gasteiger partial charge in [-0.25, -0.2) is 4.98 Å². The summed E-state index contributed by atoms with van der Waals surface area (Å²) in [6, 6.07) is 5.26. The van der Waals surface area contributed by atoms with Crippen LogP contribution in [0.4, 0.5) is 10.8 Å². The first-order valence-corrected chi connectivity index (χ1v) is 11.7. The van der Waals surface area contributed by atoms with Crippen molar-refractivity contribution in [3.63, 3.8) is 0 Å². The number of nitrogens with one attached hydrogen (secondary N) is 2. The lowest BCUT2D eigenvalue weighted by molar-refractivity contribution is -0.121. The molecule has 0 aliphatic heterocycles. The van der Waals surface area contributed by atoms with Gasteiger partial charge in [0, 0.05) is 38.0 Å². The fraction of sp³-hybridized carbons (Fsp3) is 0.500. The molecule has 1 aliphatic carbocycles. The third-order valence-corrected chi connectivity index (χ3v) is 6.46. The molecule has 32 heavy (non-hydrogen) atoms. The zero-order valence-corrected chi connectivity index (χ0v) is 18.9. The number of benzene rings is 1. The summed E-state index contributed by atoms with van der Waals surface area (Å²) in [5.74, 6) is 0.546. The quantitative estimate of drug-likeness (QED) is 0.492. The van der Waals surface area contributed by atoms with Gasteiger partial charge in [-0.05, 0) is 31.0 Å². The molecule has 2 heterocycles. The SMILES string of the molecule is COCCc1nc2cc(NC(=O)CCC(=O)Nc3nnc(C4CCCCC4)s3)ccc2o1. The smallest absolute Gasteiger partial charge is 0.226 e. The van der Waals surface area contributed by atoms with Crippen LogP contribution in [0, 0.1) is 0 Å². The van der Waals surface area contributed by atoms with Gasteiger partial charge in [0.05, 0.1) is 6.61 Å². The Labute approximate surface area is 190 Å². The Morgan fingerprint density at radius 3 is 2.69 bits per heavy atom. The summed E-state index contributed by atoms with van der Waals surface area (Å²) in [5.41, 5.74) is 1.92. The molecule has 10 heteroatoms. The predicted octanol–water partition coefficient (Wildman–Crippen LogP) is 4.27. The molecule has 0 saturated heterocycles. The zero-order valence-electron chi connectivity index (χ0n) is 18.1. The van der Waals surface area contributed by atoms with Crippen LogP contribution in [0.5, 0.6) is 0 Å². The van der Waals surface area contributed by atoms with Crippen LogP contribution in [0.25, 0.3) is 11.1 Å². The summed E-state index contributed by atoms with van der Waals surface area (Å²) in [6.45, 7) is 0.525. The molecule has 1 saturated carbocycles. The maximum Gasteiger partial charge on any atom is 0.226 e. The van der Waals surface area contributed by atoms with E-state index in [4.69, 9.17) is 9.15 Å². The van der Waals surface area contributed by atoms with E-state index in [-0.39, 0.29) is 24.7 Å². The third kappa shape index (κ3) is 5.89. The number of rotatable bonds is 9. The van der Waals surface area contributed by atoms with E-state index in [1.807, 2.05) is 0 Å². The van der Waals surface area contributed by atoms with Crippen LogP contribution >= 0.6 is 11.3 Å². The van der Waals surface area contributed by atoms with Crippen LogP contribution in [0.2, 0.25) is 0 Å². The first kappa shape index (κ1) is 22.3. The lowest BCUT2D eigenvalue weighted by atomic mass is 9.90. The molecule has 9 nitrogen and oxygen atoms in total. The summed E-state index contributed by atoms with van der Waals surface area (Å²) in [4.78, 5) is 28.9. The molecule has 3 aromatic rings. The Morgan fingerprint density at radius 2 is 1.91 bits per heavy atom. The molecule has 1 aromatic carbocycles. The minimum Gasteiger partial charge on any atom is -0.441 e. The fourth-order valence-electron chi connectivity index (χ4n) is 3.78. The third-order valence-electron chi connectivity index (χ3n) is 5.46. The number of oxazole rings is 1. The second-order valence-electron chi connectivity index (χ2n) is 7.91. The predicted molar refractivity (Wildman–Crippen MR) is 122 cm³/mol. The highest BCUT2D eigenvalue weighted by molar-refractivity contribution is 7.15. The number of carbonyl (C=O) groups is 2. The molecule has 2 amide bonds. The van der Waals surface area contributed by atoms with E-state index in [1.54, 1.807) is 25.3 Å². The number of ether oxygens (including phenoxy) is 1. The van der Waals surface area contributed by atoms with E-state index >= 15 is 0 Å². The minimum atomic E-state index is -0.249. The molecular weight excluding hydrogens is 430 g/mol. The Morgan fingerprint density at radius 1 is 1.12 bits per heavy atom. The number of carbonyl (C=O) groups excluding carboxylic acids is 2. The van der Waals surface area contributed by atoms with E-state index in [1.165, 1.54) is 30.6 Å². The molecule has 2 aromatic heterocycles. The zero-order chi connectivity index (χ0) is 22.3. The highest BCUT2D eigenvalue weighted by Crippen LogP contribution is 2.35.